The van der Waals surface area contributed by atoms with Gasteiger partial charge in [-0.1, -0.05) is 56.2 Å². The lowest BCUT2D eigenvalue weighted by Gasteiger charge is -1.98. The molecule has 0 bridgehead atoms. The van der Waals surface area contributed by atoms with Crippen LogP contribution in [-0.2, 0) is 6.18 Å². The largest absolute Gasteiger partial charge is 0.451 e. The molecule has 0 aliphatic heterocycles. The highest BCUT2D eigenvalue weighted by molar-refractivity contribution is 5.95. The number of rotatable bonds is 5. The predicted molar refractivity (Wildman–Crippen MR) is 143 cm³/mol. The zero-order valence-electron chi connectivity index (χ0n) is 20.5. The summed E-state index contributed by atoms with van der Waals surface area (Å²) in [6, 6.07) is 12.2. The van der Waals surface area contributed by atoms with Crippen molar-refractivity contribution in [2.75, 3.05) is 0 Å². The Balaban J connectivity index is 0.000000214. The zero-order valence-corrected chi connectivity index (χ0v) is 20.5. The lowest BCUT2D eigenvalue weighted by Crippen LogP contribution is -2.16. The second-order valence-corrected chi connectivity index (χ2v) is 7.17. The minimum Gasteiger partial charge on any atom is -0.380 e. The number of H-pyrrole nitrogens is 1. The number of hydrazone groups is 1. The van der Waals surface area contributed by atoms with Gasteiger partial charge in [-0.25, -0.2) is 9.97 Å². The second kappa shape index (κ2) is 14.2. The number of aromatic nitrogens is 6. The maximum atomic E-state index is 12.3. The van der Waals surface area contributed by atoms with Gasteiger partial charge in [-0.05, 0) is 34.9 Å². The number of aromatic amines is 1. The van der Waals surface area contributed by atoms with E-state index < -0.39 is 12.0 Å². The number of alkyl halides is 3. The van der Waals surface area contributed by atoms with E-state index in [4.69, 9.17) is 16.8 Å². The van der Waals surface area contributed by atoms with Crippen LogP contribution in [-0.4, -0.2) is 36.0 Å². The first kappa shape index (κ1) is 29.6. The summed E-state index contributed by atoms with van der Waals surface area (Å²) < 4.78 is 36.8. The van der Waals surface area contributed by atoms with Gasteiger partial charge in [0, 0.05) is 18.6 Å². The Kier molecular flexibility index (Phi) is 10.8. The number of nitriles is 1. The average molecular weight is 533 g/mol. The van der Waals surface area contributed by atoms with E-state index >= 15 is 0 Å². The van der Waals surface area contributed by atoms with E-state index in [2.05, 4.69) is 49.9 Å². The molecule has 4 aromatic rings. The van der Waals surface area contributed by atoms with Crippen LogP contribution in [0.5, 0.6) is 0 Å². The predicted octanol–water partition coefficient (Wildman–Crippen LogP) is 4.43. The van der Waals surface area contributed by atoms with Crippen LogP contribution in [0.1, 0.15) is 33.9 Å². The Bertz CT molecular complexity index is 1450. The van der Waals surface area contributed by atoms with Crippen LogP contribution in [0.4, 0.5) is 13.2 Å². The number of hydrogen-bond donors (Lipinski definition) is 3. The van der Waals surface area contributed by atoms with Gasteiger partial charge in [-0.15, -0.1) is 0 Å². The first-order valence-electron chi connectivity index (χ1n) is 10.8. The third-order valence-electron chi connectivity index (χ3n) is 4.57. The summed E-state index contributed by atoms with van der Waals surface area (Å²) in [5, 5.41) is 17.0. The van der Waals surface area contributed by atoms with Crippen LogP contribution < -0.4 is 11.6 Å². The zero-order chi connectivity index (χ0) is 28.8. The molecule has 13 heteroatoms. The molecule has 4 aromatic heterocycles. The molecule has 0 atom stereocenters. The van der Waals surface area contributed by atoms with Crippen molar-refractivity contribution in [2.24, 2.45) is 16.7 Å². The molecule has 0 saturated heterocycles. The number of pyridine rings is 3. The van der Waals surface area contributed by atoms with Gasteiger partial charge in [0.1, 0.15) is 23.2 Å². The van der Waals surface area contributed by atoms with Crippen molar-refractivity contribution in [3.63, 3.8) is 0 Å². The summed E-state index contributed by atoms with van der Waals surface area (Å²) in [6.45, 7) is 10.7. The van der Waals surface area contributed by atoms with Gasteiger partial charge in [-0.2, -0.15) is 28.6 Å². The van der Waals surface area contributed by atoms with Crippen molar-refractivity contribution in [3.05, 3.63) is 109 Å². The lowest BCUT2D eigenvalue weighted by atomic mass is 10.2. The van der Waals surface area contributed by atoms with E-state index in [0.717, 1.165) is 16.7 Å². The number of nitrogens with zero attached hydrogens (tertiary/aromatic N) is 7. The van der Waals surface area contributed by atoms with Gasteiger partial charge >= 0.3 is 6.18 Å². The molecule has 0 unspecified atom stereocenters. The number of nitrogens with two attached hydrogens (primary N) is 2. The van der Waals surface area contributed by atoms with Crippen LogP contribution in [0.3, 0.4) is 0 Å². The van der Waals surface area contributed by atoms with E-state index in [1.54, 1.807) is 54.9 Å². The van der Waals surface area contributed by atoms with E-state index in [1.807, 2.05) is 17.2 Å². The molecule has 39 heavy (non-hydrogen) atoms. The Labute approximate surface area is 222 Å². The van der Waals surface area contributed by atoms with Gasteiger partial charge in [0.15, 0.2) is 11.7 Å². The van der Waals surface area contributed by atoms with Crippen LogP contribution in [0.25, 0.3) is 29.7 Å². The first-order chi connectivity index (χ1) is 18.6. The third kappa shape index (κ3) is 9.07. The Morgan fingerprint density at radius 3 is 1.85 bits per heavy atom. The SMILES string of the molecule is C=Cc1ccc(-c2n[nH]c(C(F)(F)F)n2)nc1.C=Cc1ccc(C#N)nc1.C=Cc1ccc(C(N)=NN)nc1. The summed E-state index contributed by atoms with van der Waals surface area (Å²) in [6.07, 6.45) is 5.18. The molecule has 4 heterocycles. The van der Waals surface area contributed by atoms with E-state index in [0.29, 0.717) is 11.4 Å². The highest BCUT2D eigenvalue weighted by Gasteiger charge is 2.35. The van der Waals surface area contributed by atoms with Crippen LogP contribution in [0.2, 0.25) is 0 Å². The standard InChI is InChI=1S/C10H7F3N4.C8H10N4.C8H6N2/c1-2-6-3-4-7(14-5-6)8-15-9(17-16-8)10(11,12)13;1-2-6-3-4-7(11-5-6)8(9)12-10;1-2-7-3-4-8(5-9)10-6-7/h2-5H,1H2,(H,15,16,17);2-5H,1,10H2,(H2,9,12);2-4,6H,1H2. The molecule has 0 spiro atoms. The van der Waals surface area contributed by atoms with E-state index in [1.165, 1.54) is 12.3 Å². The smallest absolute Gasteiger partial charge is 0.380 e. The molecule has 0 amide bonds. The summed E-state index contributed by atoms with van der Waals surface area (Å²) in [5.41, 5.74) is 9.32. The highest BCUT2D eigenvalue weighted by Crippen LogP contribution is 2.27. The molecule has 0 radical (unpaired) electrons. The van der Waals surface area contributed by atoms with E-state index in [-0.39, 0.29) is 17.4 Å². The second-order valence-electron chi connectivity index (χ2n) is 7.17. The van der Waals surface area contributed by atoms with Crippen molar-refractivity contribution < 1.29 is 13.2 Å². The Hall–Kier alpha value is -5.64. The molecule has 4 rings (SSSR count). The summed E-state index contributed by atoms with van der Waals surface area (Å²) in [5.74, 6) is 3.98. The Morgan fingerprint density at radius 1 is 0.897 bits per heavy atom. The summed E-state index contributed by atoms with van der Waals surface area (Å²) >= 11 is 0. The number of hydrogen-bond acceptors (Lipinski definition) is 8. The third-order valence-corrected chi connectivity index (χ3v) is 4.57. The molecule has 0 fully saturated rings. The molecule has 0 saturated carbocycles. The van der Waals surface area contributed by atoms with Crippen LogP contribution >= 0.6 is 0 Å². The van der Waals surface area contributed by atoms with Crippen molar-refractivity contribution in [1.29, 1.82) is 5.26 Å². The van der Waals surface area contributed by atoms with Gasteiger partial charge in [0.05, 0.1) is 0 Å². The molecular weight excluding hydrogens is 509 g/mol. The van der Waals surface area contributed by atoms with Gasteiger partial charge in [0.25, 0.3) is 0 Å². The maximum Gasteiger partial charge on any atom is 0.451 e. The number of halogens is 3. The van der Waals surface area contributed by atoms with Crippen molar-refractivity contribution in [1.82, 2.24) is 30.1 Å². The van der Waals surface area contributed by atoms with E-state index in [9.17, 15) is 13.2 Å². The molecule has 5 N–H and O–H groups in total. The highest BCUT2D eigenvalue weighted by atomic mass is 19.4. The molecule has 198 valence electrons. The van der Waals surface area contributed by atoms with Crippen molar-refractivity contribution >= 4 is 24.1 Å². The average Bonchev–Trinajstić information content (AvgIpc) is 3.49. The van der Waals surface area contributed by atoms with Crippen LogP contribution in [0, 0.1) is 11.3 Å². The lowest BCUT2D eigenvalue weighted by molar-refractivity contribution is -0.144. The maximum absolute atomic E-state index is 12.3. The van der Waals surface area contributed by atoms with Gasteiger partial charge in [-0.3, -0.25) is 15.1 Å². The number of nitrogens with one attached hydrogen (secondary N) is 1. The van der Waals surface area contributed by atoms with Crippen molar-refractivity contribution in [2.45, 2.75) is 6.18 Å². The molecule has 0 aliphatic carbocycles. The van der Waals surface area contributed by atoms with Crippen molar-refractivity contribution in [3.8, 4) is 17.6 Å². The van der Waals surface area contributed by atoms with Crippen LogP contribution in [0.15, 0.2) is 79.8 Å². The topological polar surface area (TPSA) is 168 Å². The molecule has 10 nitrogen and oxygen atoms in total. The molecular formula is C26H23F3N10. The number of amidine groups is 1. The molecule has 0 aromatic carbocycles. The quantitative estimate of drug-likeness (QED) is 0.147. The minimum absolute atomic E-state index is 0.0899. The molecule has 0 aliphatic rings. The van der Waals surface area contributed by atoms with Gasteiger partial charge in [0.2, 0.25) is 5.82 Å². The first-order valence-corrected chi connectivity index (χ1v) is 10.8. The minimum atomic E-state index is -4.54. The fourth-order valence-electron chi connectivity index (χ4n) is 2.50. The normalized spacial score (nSPS) is 10.6. The fraction of sp³-hybridized carbons (Fsp3) is 0.0385. The summed E-state index contributed by atoms with van der Waals surface area (Å²) in [4.78, 5) is 15.1. The van der Waals surface area contributed by atoms with Gasteiger partial charge < -0.3 is 11.6 Å². The Morgan fingerprint density at radius 2 is 1.46 bits per heavy atom. The summed E-state index contributed by atoms with van der Waals surface area (Å²) in [7, 11) is 0. The monoisotopic (exact) mass is 532 g/mol. The fourth-order valence-corrected chi connectivity index (χ4v) is 2.50.